The Morgan fingerprint density at radius 2 is 1.81 bits per heavy atom. The number of sulfone groups is 1. The molecule has 0 heterocycles. The van der Waals surface area contributed by atoms with Gasteiger partial charge >= 0.3 is 0 Å². The highest BCUT2D eigenvalue weighted by Crippen LogP contribution is 2.12. The van der Waals surface area contributed by atoms with E-state index in [2.05, 4.69) is 0 Å². The molecule has 16 heavy (non-hydrogen) atoms. The van der Waals surface area contributed by atoms with Crippen LogP contribution in [0.4, 0.5) is 0 Å². The molecule has 0 atom stereocenters. The summed E-state index contributed by atoms with van der Waals surface area (Å²) in [5.41, 5.74) is 0.632. The monoisotopic (exact) mass is 282 g/mol. The van der Waals surface area contributed by atoms with Crippen LogP contribution < -0.4 is 0 Å². The number of rotatable bonds is 4. The molecule has 0 N–H and O–H groups in total. The molecule has 0 aliphatic rings. The van der Waals surface area contributed by atoms with E-state index in [4.69, 9.17) is 10.7 Å². The molecular weight excluding hydrogens is 272 g/mol. The number of hydrogen-bond acceptors (Lipinski definition) is 4. The molecule has 0 bridgehead atoms. The maximum absolute atomic E-state index is 11.2. The van der Waals surface area contributed by atoms with Gasteiger partial charge in [-0.2, -0.15) is 0 Å². The first-order valence-corrected chi connectivity index (χ1v) is 8.77. The molecule has 1 aromatic rings. The lowest BCUT2D eigenvalue weighted by molar-refractivity contribution is 0.601. The molecule has 0 radical (unpaired) electrons. The van der Waals surface area contributed by atoms with E-state index in [0.29, 0.717) is 5.56 Å². The van der Waals surface area contributed by atoms with Crippen molar-refractivity contribution < 1.29 is 16.8 Å². The second-order valence-electron chi connectivity index (χ2n) is 3.41. The van der Waals surface area contributed by atoms with Crippen LogP contribution in [0.3, 0.4) is 0 Å². The van der Waals surface area contributed by atoms with Gasteiger partial charge in [-0.1, -0.05) is 12.1 Å². The molecule has 0 fully saturated rings. The summed E-state index contributed by atoms with van der Waals surface area (Å²) in [4.78, 5) is 0.178. The second kappa shape index (κ2) is 4.73. The van der Waals surface area contributed by atoms with Crippen molar-refractivity contribution in [3.63, 3.8) is 0 Å². The Balaban J connectivity index is 2.92. The molecule has 0 aromatic heterocycles. The van der Waals surface area contributed by atoms with Crippen molar-refractivity contribution in [1.82, 2.24) is 0 Å². The van der Waals surface area contributed by atoms with Crippen LogP contribution in [-0.4, -0.2) is 28.8 Å². The zero-order chi connectivity index (χ0) is 12.4. The van der Waals surface area contributed by atoms with E-state index in [1.807, 2.05) is 0 Å². The molecule has 7 heteroatoms. The second-order valence-corrected chi connectivity index (χ2v) is 8.32. The summed E-state index contributed by atoms with van der Waals surface area (Å²) in [6.07, 6.45) is 1.31. The fourth-order valence-electron chi connectivity index (χ4n) is 1.17. The first-order valence-electron chi connectivity index (χ1n) is 4.40. The smallest absolute Gasteiger partial charge is 0.224 e. The highest BCUT2D eigenvalue weighted by molar-refractivity contribution is 8.13. The Labute approximate surface area is 99.6 Å². The average Bonchev–Trinajstić information content (AvgIpc) is 2.13. The van der Waals surface area contributed by atoms with Crippen LogP contribution in [-0.2, 0) is 25.3 Å². The van der Waals surface area contributed by atoms with Crippen LogP contribution >= 0.6 is 10.7 Å². The SMILES string of the molecule is CS(=O)(=O)c1cccc(CCS(=O)(=O)Cl)c1. The van der Waals surface area contributed by atoms with Crippen LogP contribution in [0.15, 0.2) is 29.2 Å². The van der Waals surface area contributed by atoms with E-state index in [9.17, 15) is 16.8 Å². The van der Waals surface area contributed by atoms with E-state index in [1.54, 1.807) is 12.1 Å². The molecule has 0 saturated heterocycles. The van der Waals surface area contributed by atoms with Crippen LogP contribution in [0.25, 0.3) is 0 Å². The first-order chi connectivity index (χ1) is 7.18. The van der Waals surface area contributed by atoms with Gasteiger partial charge < -0.3 is 0 Å². The minimum absolute atomic E-state index is 0.178. The van der Waals surface area contributed by atoms with E-state index >= 15 is 0 Å². The van der Waals surface area contributed by atoms with Gasteiger partial charge in [0.05, 0.1) is 10.6 Å². The predicted molar refractivity (Wildman–Crippen MR) is 62.9 cm³/mol. The largest absolute Gasteiger partial charge is 0.232 e. The van der Waals surface area contributed by atoms with Crippen LogP contribution in [0.2, 0.25) is 0 Å². The van der Waals surface area contributed by atoms with Gasteiger partial charge in [0.2, 0.25) is 9.05 Å². The first kappa shape index (κ1) is 13.5. The van der Waals surface area contributed by atoms with Gasteiger partial charge in [-0.15, -0.1) is 0 Å². The summed E-state index contributed by atoms with van der Waals surface area (Å²) in [7, 11) is -1.74. The highest BCUT2D eigenvalue weighted by atomic mass is 35.7. The van der Waals surface area contributed by atoms with Crippen molar-refractivity contribution in [3.05, 3.63) is 29.8 Å². The van der Waals surface area contributed by atoms with Gasteiger partial charge in [0.1, 0.15) is 0 Å². The lowest BCUT2D eigenvalue weighted by Crippen LogP contribution is -2.03. The fraction of sp³-hybridized carbons (Fsp3) is 0.333. The Hall–Kier alpha value is -0.590. The number of halogens is 1. The molecule has 0 amide bonds. The van der Waals surface area contributed by atoms with Gasteiger partial charge in [0.25, 0.3) is 0 Å². The predicted octanol–water partition coefficient (Wildman–Crippen LogP) is 1.20. The van der Waals surface area contributed by atoms with E-state index in [1.165, 1.54) is 12.1 Å². The zero-order valence-corrected chi connectivity index (χ0v) is 10.9. The summed E-state index contributed by atoms with van der Waals surface area (Å²) in [5.74, 6) is -0.207. The highest BCUT2D eigenvalue weighted by Gasteiger charge is 2.09. The summed E-state index contributed by atoms with van der Waals surface area (Å²) in [6.45, 7) is 0. The molecule has 0 unspecified atom stereocenters. The molecule has 1 rings (SSSR count). The van der Waals surface area contributed by atoms with Crippen molar-refractivity contribution >= 4 is 29.6 Å². The van der Waals surface area contributed by atoms with Crippen LogP contribution in [0.1, 0.15) is 5.56 Å². The van der Waals surface area contributed by atoms with Crippen LogP contribution in [0.5, 0.6) is 0 Å². The summed E-state index contributed by atoms with van der Waals surface area (Å²) in [6, 6.07) is 6.16. The summed E-state index contributed by atoms with van der Waals surface area (Å²) >= 11 is 0. The van der Waals surface area contributed by atoms with Crippen molar-refractivity contribution in [2.45, 2.75) is 11.3 Å². The molecule has 4 nitrogen and oxygen atoms in total. The van der Waals surface area contributed by atoms with E-state index in [-0.39, 0.29) is 17.1 Å². The van der Waals surface area contributed by atoms with Crippen molar-refractivity contribution in [1.29, 1.82) is 0 Å². The van der Waals surface area contributed by atoms with Crippen molar-refractivity contribution in [2.75, 3.05) is 12.0 Å². The van der Waals surface area contributed by atoms with Crippen molar-refractivity contribution in [3.8, 4) is 0 Å². The third-order valence-corrected chi connectivity index (χ3v) is 4.23. The lowest BCUT2D eigenvalue weighted by atomic mass is 10.2. The van der Waals surface area contributed by atoms with Crippen molar-refractivity contribution in [2.24, 2.45) is 0 Å². The Kier molecular flexibility index (Phi) is 3.98. The number of benzene rings is 1. The Morgan fingerprint density at radius 3 is 2.31 bits per heavy atom. The standard InChI is InChI=1S/C9H11ClO4S2/c1-15(11,12)9-4-2-3-8(7-9)5-6-16(10,13)14/h2-4,7H,5-6H2,1H3. The summed E-state index contributed by atoms with van der Waals surface area (Å²) < 4.78 is 44.0. The van der Waals surface area contributed by atoms with Gasteiger partial charge in [0.15, 0.2) is 9.84 Å². The Morgan fingerprint density at radius 1 is 1.19 bits per heavy atom. The minimum atomic E-state index is -3.55. The maximum Gasteiger partial charge on any atom is 0.232 e. The molecule has 1 aromatic carbocycles. The molecule has 0 saturated carbocycles. The topological polar surface area (TPSA) is 68.3 Å². The average molecular weight is 283 g/mol. The normalized spacial score (nSPS) is 12.6. The molecular formula is C9H11ClO4S2. The zero-order valence-electron chi connectivity index (χ0n) is 8.55. The van der Waals surface area contributed by atoms with Gasteiger partial charge in [-0.05, 0) is 24.1 Å². The lowest BCUT2D eigenvalue weighted by Gasteiger charge is -2.02. The quantitative estimate of drug-likeness (QED) is 0.778. The molecule has 0 spiro atoms. The van der Waals surface area contributed by atoms with Gasteiger partial charge in [0, 0.05) is 16.9 Å². The van der Waals surface area contributed by atoms with Gasteiger partial charge in [-0.25, -0.2) is 16.8 Å². The summed E-state index contributed by atoms with van der Waals surface area (Å²) in [5, 5.41) is 0. The fourth-order valence-corrected chi connectivity index (χ4v) is 2.57. The maximum atomic E-state index is 11.2. The molecule has 0 aliphatic heterocycles. The minimum Gasteiger partial charge on any atom is -0.224 e. The van der Waals surface area contributed by atoms with Gasteiger partial charge in [-0.3, -0.25) is 0 Å². The molecule has 0 aliphatic carbocycles. The molecule has 90 valence electrons. The number of aryl methyl sites for hydroxylation is 1. The third-order valence-electron chi connectivity index (χ3n) is 1.96. The number of hydrogen-bond donors (Lipinski definition) is 0. The van der Waals surface area contributed by atoms with Crippen LogP contribution in [0, 0.1) is 0 Å². The van der Waals surface area contributed by atoms with E-state index in [0.717, 1.165) is 6.26 Å². The van der Waals surface area contributed by atoms with E-state index < -0.39 is 18.9 Å². The Bertz CT molecular complexity index is 575. The third kappa shape index (κ3) is 4.51.